The van der Waals surface area contributed by atoms with Gasteiger partial charge in [-0.05, 0) is 19.1 Å². The van der Waals surface area contributed by atoms with E-state index in [0.29, 0.717) is 12.8 Å². The number of carbonyl (C=O) groups excluding carboxylic acids is 1. The first-order valence-corrected chi connectivity index (χ1v) is 3.89. The van der Waals surface area contributed by atoms with Crippen molar-refractivity contribution in [3.63, 3.8) is 0 Å². The van der Waals surface area contributed by atoms with Crippen molar-refractivity contribution in [2.75, 3.05) is 0 Å². The molecule has 0 unspecified atom stereocenters. The number of rotatable bonds is 2. The summed E-state index contributed by atoms with van der Waals surface area (Å²) in [7, 11) is 0. The number of nitrogens with zero attached hydrogens (tertiary/aromatic N) is 1. The minimum atomic E-state index is -0.247. The lowest BCUT2D eigenvalue weighted by atomic mass is 10.4. The second-order valence-corrected chi connectivity index (χ2v) is 2.62. The van der Waals surface area contributed by atoms with E-state index in [4.69, 9.17) is 12.2 Å². The van der Waals surface area contributed by atoms with E-state index in [1.54, 1.807) is 0 Å². The summed E-state index contributed by atoms with van der Waals surface area (Å²) < 4.78 is 1.66. The highest BCUT2D eigenvalue weighted by atomic mass is 32.1. The average molecular weight is 184 g/mol. The molecule has 0 aliphatic heterocycles. The molecular formula is C7H8N2O2S. The summed E-state index contributed by atoms with van der Waals surface area (Å²) in [6.45, 7) is 2.32. The molecule has 1 N–H and O–H groups in total. The standard InChI is InChI=1S/C7H8N2O2S/c1-2-9-6(11)3-5(4-10)8-7(9)12/h3-4H,2H2,1H3,(H,8,12). The minimum Gasteiger partial charge on any atom is -0.329 e. The zero-order valence-corrected chi connectivity index (χ0v) is 7.35. The molecule has 1 rings (SSSR count). The number of aromatic nitrogens is 2. The molecule has 64 valence electrons. The maximum Gasteiger partial charge on any atom is 0.254 e. The summed E-state index contributed by atoms with van der Waals surface area (Å²) in [5.41, 5.74) is -0.0296. The van der Waals surface area contributed by atoms with Crippen LogP contribution in [0.2, 0.25) is 0 Å². The smallest absolute Gasteiger partial charge is 0.254 e. The van der Waals surface area contributed by atoms with Gasteiger partial charge in [0.15, 0.2) is 11.1 Å². The Hall–Kier alpha value is -1.23. The first-order chi connectivity index (χ1) is 5.69. The largest absolute Gasteiger partial charge is 0.329 e. The lowest BCUT2D eigenvalue weighted by Crippen LogP contribution is -2.21. The predicted molar refractivity (Wildman–Crippen MR) is 46.9 cm³/mol. The summed E-state index contributed by atoms with van der Waals surface area (Å²) in [4.78, 5) is 24.1. The van der Waals surface area contributed by atoms with Crippen molar-refractivity contribution in [2.24, 2.45) is 0 Å². The van der Waals surface area contributed by atoms with Crippen LogP contribution in [0.15, 0.2) is 10.9 Å². The number of nitrogens with one attached hydrogen (secondary N) is 1. The highest BCUT2D eigenvalue weighted by Crippen LogP contribution is 1.87. The van der Waals surface area contributed by atoms with Gasteiger partial charge >= 0.3 is 0 Å². The van der Waals surface area contributed by atoms with Crippen molar-refractivity contribution in [3.8, 4) is 0 Å². The van der Waals surface area contributed by atoms with Crippen molar-refractivity contribution in [2.45, 2.75) is 13.5 Å². The number of hydrogen-bond donors (Lipinski definition) is 1. The molecule has 0 fully saturated rings. The molecular weight excluding hydrogens is 176 g/mol. The van der Waals surface area contributed by atoms with Gasteiger partial charge in [-0.15, -0.1) is 0 Å². The molecule has 1 heterocycles. The van der Waals surface area contributed by atoms with Crippen LogP contribution in [0.3, 0.4) is 0 Å². The van der Waals surface area contributed by atoms with Gasteiger partial charge in [-0.2, -0.15) is 0 Å². The Bertz CT molecular complexity index is 373. The van der Waals surface area contributed by atoms with E-state index in [9.17, 15) is 9.59 Å². The lowest BCUT2D eigenvalue weighted by Gasteiger charge is -2.00. The van der Waals surface area contributed by atoms with E-state index in [2.05, 4.69) is 4.98 Å². The van der Waals surface area contributed by atoms with Crippen molar-refractivity contribution in [1.29, 1.82) is 0 Å². The maximum absolute atomic E-state index is 11.2. The molecule has 0 saturated heterocycles. The van der Waals surface area contributed by atoms with Crippen molar-refractivity contribution < 1.29 is 4.79 Å². The molecule has 12 heavy (non-hydrogen) atoms. The normalized spacial score (nSPS) is 9.75. The van der Waals surface area contributed by atoms with Crippen LogP contribution in [0, 0.1) is 4.77 Å². The van der Waals surface area contributed by atoms with Crippen LogP contribution in [0.1, 0.15) is 17.4 Å². The molecule has 1 aromatic rings. The van der Waals surface area contributed by atoms with E-state index >= 15 is 0 Å². The monoisotopic (exact) mass is 184 g/mol. The Balaban J connectivity index is 3.49. The summed E-state index contributed by atoms with van der Waals surface area (Å²) in [6.07, 6.45) is 0.567. The van der Waals surface area contributed by atoms with Crippen LogP contribution in [0.25, 0.3) is 0 Å². The SMILES string of the molecule is CCn1c(=O)cc(C=O)[nH]c1=S. The molecule has 0 spiro atoms. The van der Waals surface area contributed by atoms with E-state index in [1.165, 1.54) is 10.6 Å². The summed E-state index contributed by atoms with van der Waals surface area (Å²) in [5, 5.41) is 0. The third-order valence-corrected chi connectivity index (χ3v) is 1.81. The van der Waals surface area contributed by atoms with Gasteiger partial charge in [0.25, 0.3) is 5.56 Å². The quantitative estimate of drug-likeness (QED) is 0.544. The van der Waals surface area contributed by atoms with Gasteiger partial charge in [0.1, 0.15) is 0 Å². The number of aromatic amines is 1. The second kappa shape index (κ2) is 3.44. The first kappa shape index (κ1) is 8.86. The molecule has 0 aromatic carbocycles. The number of hydrogen-bond acceptors (Lipinski definition) is 3. The Labute approximate surface area is 73.9 Å². The number of carbonyl (C=O) groups is 1. The molecule has 0 radical (unpaired) electrons. The zero-order valence-electron chi connectivity index (χ0n) is 6.53. The molecule has 0 aliphatic rings. The van der Waals surface area contributed by atoms with Crippen LogP contribution in [0.5, 0.6) is 0 Å². The van der Waals surface area contributed by atoms with E-state index < -0.39 is 0 Å². The van der Waals surface area contributed by atoms with Gasteiger partial charge in [0, 0.05) is 12.6 Å². The summed E-state index contributed by atoms with van der Waals surface area (Å²) >= 11 is 4.84. The third kappa shape index (κ3) is 1.50. The predicted octanol–water partition coefficient (Wildman–Crippen LogP) is 0.738. The first-order valence-electron chi connectivity index (χ1n) is 3.48. The molecule has 0 atom stereocenters. The van der Waals surface area contributed by atoms with Crippen LogP contribution in [0.4, 0.5) is 0 Å². The molecule has 0 aliphatic carbocycles. The van der Waals surface area contributed by atoms with Crippen LogP contribution in [-0.2, 0) is 6.54 Å². The van der Waals surface area contributed by atoms with Crippen LogP contribution in [-0.4, -0.2) is 15.8 Å². The Morgan fingerprint density at radius 1 is 1.75 bits per heavy atom. The van der Waals surface area contributed by atoms with Crippen molar-refractivity contribution in [1.82, 2.24) is 9.55 Å². The Morgan fingerprint density at radius 2 is 2.42 bits per heavy atom. The fourth-order valence-electron chi connectivity index (χ4n) is 0.901. The van der Waals surface area contributed by atoms with Gasteiger partial charge in [-0.3, -0.25) is 14.2 Å². The lowest BCUT2D eigenvalue weighted by molar-refractivity contribution is 0.111. The van der Waals surface area contributed by atoms with Gasteiger partial charge in [-0.25, -0.2) is 0 Å². The zero-order chi connectivity index (χ0) is 9.14. The fourth-order valence-corrected chi connectivity index (χ4v) is 1.24. The molecule has 0 saturated carbocycles. The van der Waals surface area contributed by atoms with Crippen molar-refractivity contribution in [3.05, 3.63) is 26.9 Å². The van der Waals surface area contributed by atoms with Gasteiger partial charge in [0.2, 0.25) is 0 Å². The fraction of sp³-hybridized carbons (Fsp3) is 0.286. The summed E-state index contributed by atoms with van der Waals surface area (Å²) in [5.74, 6) is 0. The topological polar surface area (TPSA) is 54.9 Å². The minimum absolute atomic E-state index is 0.217. The number of H-pyrrole nitrogens is 1. The van der Waals surface area contributed by atoms with Crippen LogP contribution >= 0.6 is 12.2 Å². The summed E-state index contributed by atoms with van der Waals surface area (Å²) in [6, 6.07) is 1.23. The molecule has 0 bridgehead atoms. The van der Waals surface area contributed by atoms with E-state index in [0.717, 1.165) is 0 Å². The van der Waals surface area contributed by atoms with Crippen molar-refractivity contribution >= 4 is 18.5 Å². The van der Waals surface area contributed by atoms with Crippen LogP contribution < -0.4 is 5.56 Å². The molecule has 4 nitrogen and oxygen atoms in total. The molecule has 0 amide bonds. The highest BCUT2D eigenvalue weighted by molar-refractivity contribution is 7.71. The van der Waals surface area contributed by atoms with Gasteiger partial charge in [-0.1, -0.05) is 0 Å². The average Bonchev–Trinajstić information content (AvgIpc) is 2.03. The highest BCUT2D eigenvalue weighted by Gasteiger charge is 1.97. The van der Waals surface area contributed by atoms with Gasteiger partial charge in [0.05, 0.1) is 5.69 Å². The molecule has 5 heteroatoms. The molecule has 1 aromatic heterocycles. The van der Waals surface area contributed by atoms with E-state index in [1.807, 2.05) is 6.92 Å². The Kier molecular flexibility index (Phi) is 2.54. The third-order valence-electron chi connectivity index (χ3n) is 1.48. The maximum atomic E-state index is 11.2. The van der Waals surface area contributed by atoms with E-state index in [-0.39, 0.29) is 16.0 Å². The Morgan fingerprint density at radius 3 is 2.83 bits per heavy atom. The number of aldehydes is 1. The second-order valence-electron chi connectivity index (χ2n) is 2.23. The van der Waals surface area contributed by atoms with Gasteiger partial charge < -0.3 is 4.98 Å².